The number of rotatable bonds is 3. The largest absolute Gasteiger partial charge is 0.439 e. The molecule has 0 fully saturated rings. The first-order valence-electron chi connectivity index (χ1n) is 4.90. The van der Waals surface area contributed by atoms with Crippen molar-refractivity contribution in [2.24, 2.45) is 5.73 Å². The monoisotopic (exact) mass is 247 g/mol. The summed E-state index contributed by atoms with van der Waals surface area (Å²) in [6, 6.07) is 12.1. The number of pyridine rings is 1. The summed E-state index contributed by atoms with van der Waals surface area (Å²) in [4.78, 5) is 4.08. The van der Waals surface area contributed by atoms with Crippen LogP contribution in [0.15, 0.2) is 42.5 Å². The van der Waals surface area contributed by atoms with Gasteiger partial charge in [0.1, 0.15) is 17.3 Å². The highest BCUT2D eigenvalue weighted by Crippen LogP contribution is 2.22. The van der Waals surface area contributed by atoms with Crippen molar-refractivity contribution in [2.45, 2.75) is 0 Å². The summed E-state index contributed by atoms with van der Waals surface area (Å²) < 4.78 is 5.50. The lowest BCUT2D eigenvalue weighted by Crippen LogP contribution is -2.13. The van der Waals surface area contributed by atoms with Crippen LogP contribution in [0.4, 0.5) is 0 Å². The molecule has 0 aliphatic heterocycles. The van der Waals surface area contributed by atoms with Crippen LogP contribution in [0.2, 0.25) is 5.02 Å². The molecular weight excluding hydrogens is 238 g/mol. The topological polar surface area (TPSA) is 72.0 Å². The van der Waals surface area contributed by atoms with E-state index in [9.17, 15) is 0 Å². The van der Waals surface area contributed by atoms with Crippen LogP contribution in [0, 0.1) is 5.41 Å². The Morgan fingerprint density at radius 1 is 1.24 bits per heavy atom. The van der Waals surface area contributed by atoms with Crippen LogP contribution in [0.3, 0.4) is 0 Å². The molecule has 1 heterocycles. The maximum Gasteiger partial charge on any atom is 0.219 e. The number of hydrogen-bond donors (Lipinski definition) is 2. The molecule has 5 heteroatoms. The Labute approximate surface area is 104 Å². The fraction of sp³-hybridized carbons (Fsp3) is 0. The molecule has 0 aliphatic carbocycles. The van der Waals surface area contributed by atoms with Crippen LogP contribution in [0.1, 0.15) is 5.69 Å². The van der Waals surface area contributed by atoms with Crippen LogP contribution in [-0.4, -0.2) is 10.8 Å². The summed E-state index contributed by atoms with van der Waals surface area (Å²) in [6.45, 7) is 0. The van der Waals surface area contributed by atoms with Gasteiger partial charge in [0.25, 0.3) is 0 Å². The average Bonchev–Trinajstić information content (AvgIpc) is 2.29. The van der Waals surface area contributed by atoms with Gasteiger partial charge < -0.3 is 10.5 Å². The van der Waals surface area contributed by atoms with Gasteiger partial charge in [-0.2, -0.15) is 0 Å². The van der Waals surface area contributed by atoms with Gasteiger partial charge in [0.2, 0.25) is 5.88 Å². The number of aromatic nitrogens is 1. The van der Waals surface area contributed by atoms with Gasteiger partial charge in [0, 0.05) is 11.1 Å². The van der Waals surface area contributed by atoms with Gasteiger partial charge in [-0.05, 0) is 24.3 Å². The van der Waals surface area contributed by atoms with Crippen molar-refractivity contribution in [1.82, 2.24) is 4.98 Å². The van der Waals surface area contributed by atoms with Gasteiger partial charge in [-0.1, -0.05) is 23.7 Å². The second-order valence-electron chi connectivity index (χ2n) is 3.33. The SMILES string of the molecule is N=C(N)c1cccc(Oc2cccc(Cl)c2)n1. The molecule has 3 N–H and O–H groups in total. The standard InChI is InChI=1S/C12H10ClN3O/c13-8-3-1-4-9(7-8)17-11-6-2-5-10(16-11)12(14)15/h1-7H,(H3,14,15). The highest BCUT2D eigenvalue weighted by Gasteiger charge is 2.02. The number of benzene rings is 1. The van der Waals surface area contributed by atoms with E-state index in [-0.39, 0.29) is 5.84 Å². The van der Waals surface area contributed by atoms with E-state index in [0.717, 1.165) is 0 Å². The molecule has 0 unspecified atom stereocenters. The number of nitrogen functional groups attached to an aromatic ring is 1. The Morgan fingerprint density at radius 2 is 2.00 bits per heavy atom. The van der Waals surface area contributed by atoms with E-state index in [0.29, 0.717) is 22.3 Å². The molecule has 2 rings (SSSR count). The Kier molecular flexibility index (Phi) is 3.25. The van der Waals surface area contributed by atoms with E-state index >= 15 is 0 Å². The smallest absolute Gasteiger partial charge is 0.219 e. The van der Waals surface area contributed by atoms with E-state index < -0.39 is 0 Å². The number of ether oxygens (including phenoxy) is 1. The minimum Gasteiger partial charge on any atom is -0.439 e. The van der Waals surface area contributed by atoms with E-state index in [1.54, 1.807) is 42.5 Å². The predicted molar refractivity (Wildman–Crippen MR) is 66.8 cm³/mol. The molecule has 2 aromatic rings. The summed E-state index contributed by atoms with van der Waals surface area (Å²) in [6.07, 6.45) is 0. The molecule has 0 aliphatic rings. The van der Waals surface area contributed by atoms with Crippen molar-refractivity contribution in [3.8, 4) is 11.6 Å². The van der Waals surface area contributed by atoms with E-state index in [2.05, 4.69) is 4.98 Å². The maximum absolute atomic E-state index is 7.28. The molecule has 17 heavy (non-hydrogen) atoms. The first-order chi connectivity index (χ1) is 8.15. The van der Waals surface area contributed by atoms with E-state index in [4.69, 9.17) is 27.5 Å². The molecule has 0 bridgehead atoms. The zero-order chi connectivity index (χ0) is 12.3. The molecule has 0 amide bonds. The summed E-state index contributed by atoms with van der Waals surface area (Å²) in [7, 11) is 0. The van der Waals surface area contributed by atoms with Crippen LogP contribution >= 0.6 is 11.6 Å². The van der Waals surface area contributed by atoms with Gasteiger partial charge >= 0.3 is 0 Å². The lowest BCUT2D eigenvalue weighted by molar-refractivity contribution is 0.462. The highest BCUT2D eigenvalue weighted by molar-refractivity contribution is 6.30. The molecule has 1 aromatic carbocycles. The number of amidine groups is 1. The Balaban J connectivity index is 2.24. The van der Waals surface area contributed by atoms with Crippen LogP contribution < -0.4 is 10.5 Å². The third kappa shape index (κ3) is 2.95. The summed E-state index contributed by atoms with van der Waals surface area (Å²) in [5.41, 5.74) is 5.72. The molecule has 0 saturated heterocycles. The quantitative estimate of drug-likeness (QED) is 0.647. The minimum atomic E-state index is -0.0958. The average molecular weight is 248 g/mol. The van der Waals surface area contributed by atoms with Gasteiger partial charge in [-0.15, -0.1) is 0 Å². The Morgan fingerprint density at radius 3 is 2.71 bits per heavy atom. The Bertz CT molecular complexity index is 557. The lowest BCUT2D eigenvalue weighted by atomic mass is 10.3. The van der Waals surface area contributed by atoms with Crippen molar-refractivity contribution >= 4 is 17.4 Å². The third-order valence-electron chi connectivity index (χ3n) is 2.02. The molecule has 0 atom stereocenters. The van der Waals surface area contributed by atoms with Crippen molar-refractivity contribution < 1.29 is 4.74 Å². The van der Waals surface area contributed by atoms with Gasteiger partial charge in [0.15, 0.2) is 0 Å². The molecule has 0 spiro atoms. The number of halogens is 1. The number of hydrogen-bond acceptors (Lipinski definition) is 3. The molecule has 0 radical (unpaired) electrons. The molecular formula is C12H10ClN3O. The summed E-state index contributed by atoms with van der Waals surface area (Å²) in [5.74, 6) is 0.868. The van der Waals surface area contributed by atoms with E-state index in [1.807, 2.05) is 0 Å². The second-order valence-corrected chi connectivity index (χ2v) is 3.77. The fourth-order valence-electron chi connectivity index (χ4n) is 1.27. The van der Waals surface area contributed by atoms with Crippen LogP contribution in [0.5, 0.6) is 11.6 Å². The molecule has 86 valence electrons. The minimum absolute atomic E-state index is 0.0958. The van der Waals surface area contributed by atoms with Crippen molar-refractivity contribution in [2.75, 3.05) is 0 Å². The lowest BCUT2D eigenvalue weighted by Gasteiger charge is -2.06. The van der Waals surface area contributed by atoms with Gasteiger partial charge in [-0.3, -0.25) is 5.41 Å². The maximum atomic E-state index is 7.28. The first-order valence-corrected chi connectivity index (χ1v) is 5.28. The number of nitrogens with zero attached hydrogens (tertiary/aromatic N) is 1. The molecule has 0 saturated carbocycles. The number of nitrogens with two attached hydrogens (primary N) is 1. The predicted octanol–water partition coefficient (Wildman–Crippen LogP) is 2.81. The van der Waals surface area contributed by atoms with E-state index in [1.165, 1.54) is 0 Å². The molecule has 1 aromatic heterocycles. The summed E-state index contributed by atoms with van der Waals surface area (Å²) in [5, 5.41) is 7.87. The normalized spacial score (nSPS) is 9.94. The number of nitrogens with one attached hydrogen (secondary N) is 1. The first kappa shape index (κ1) is 11.4. The second kappa shape index (κ2) is 4.84. The van der Waals surface area contributed by atoms with Crippen molar-refractivity contribution in [1.29, 1.82) is 5.41 Å². The Hall–Kier alpha value is -2.07. The van der Waals surface area contributed by atoms with Crippen LogP contribution in [0.25, 0.3) is 0 Å². The fourth-order valence-corrected chi connectivity index (χ4v) is 1.45. The zero-order valence-corrected chi connectivity index (χ0v) is 9.61. The third-order valence-corrected chi connectivity index (χ3v) is 2.25. The van der Waals surface area contributed by atoms with Gasteiger partial charge in [-0.25, -0.2) is 4.98 Å². The highest BCUT2D eigenvalue weighted by atomic mass is 35.5. The van der Waals surface area contributed by atoms with Crippen LogP contribution in [-0.2, 0) is 0 Å². The summed E-state index contributed by atoms with van der Waals surface area (Å²) >= 11 is 5.84. The zero-order valence-electron chi connectivity index (χ0n) is 8.85. The molecule has 4 nitrogen and oxygen atoms in total. The van der Waals surface area contributed by atoms with Crippen molar-refractivity contribution in [3.63, 3.8) is 0 Å². The van der Waals surface area contributed by atoms with Crippen molar-refractivity contribution in [3.05, 3.63) is 53.2 Å². The van der Waals surface area contributed by atoms with Gasteiger partial charge in [0.05, 0.1) is 0 Å².